The average Bonchev–Trinajstić information content (AvgIpc) is 3.17. The summed E-state index contributed by atoms with van der Waals surface area (Å²) in [6, 6.07) is 16.9. The Morgan fingerprint density at radius 2 is 1.61 bits per heavy atom. The second-order valence-electron chi connectivity index (χ2n) is 7.94. The lowest BCUT2D eigenvalue weighted by molar-refractivity contribution is -0.116. The summed E-state index contributed by atoms with van der Waals surface area (Å²) in [4.78, 5) is 39.7. The first-order chi connectivity index (χ1) is 15.9. The fraction of sp³-hybridized carbons (Fsp3) is 0.280. The highest BCUT2D eigenvalue weighted by Crippen LogP contribution is 2.15. The van der Waals surface area contributed by atoms with Crippen LogP contribution >= 0.6 is 0 Å². The summed E-state index contributed by atoms with van der Waals surface area (Å²) >= 11 is 0. The van der Waals surface area contributed by atoms with Gasteiger partial charge in [-0.2, -0.15) is 5.10 Å². The van der Waals surface area contributed by atoms with Gasteiger partial charge in [0.05, 0.1) is 12.2 Å². The van der Waals surface area contributed by atoms with Gasteiger partial charge in [-0.25, -0.2) is 4.79 Å². The van der Waals surface area contributed by atoms with Crippen LogP contribution in [0.3, 0.4) is 0 Å². The molecule has 0 radical (unpaired) electrons. The minimum absolute atomic E-state index is 0.114. The summed E-state index contributed by atoms with van der Waals surface area (Å²) in [6.07, 6.45) is 0.908. The van der Waals surface area contributed by atoms with E-state index in [1.165, 1.54) is 14.7 Å². The van der Waals surface area contributed by atoms with E-state index in [0.717, 1.165) is 12.0 Å². The summed E-state index contributed by atoms with van der Waals surface area (Å²) in [6.45, 7) is 6.05. The van der Waals surface area contributed by atoms with Crippen molar-refractivity contribution in [2.75, 3.05) is 5.32 Å². The van der Waals surface area contributed by atoms with Gasteiger partial charge in [-0.15, -0.1) is 0 Å². The highest BCUT2D eigenvalue weighted by molar-refractivity contribution is 5.91. The molecular weight excluding hydrogens is 418 g/mol. The normalized spacial score (nSPS) is 11.1. The van der Waals surface area contributed by atoms with Gasteiger partial charge in [-0.1, -0.05) is 49.4 Å². The minimum atomic E-state index is -0.536. The van der Waals surface area contributed by atoms with Gasteiger partial charge >= 0.3 is 5.69 Å². The molecule has 33 heavy (non-hydrogen) atoms. The van der Waals surface area contributed by atoms with E-state index in [9.17, 15) is 14.4 Å². The van der Waals surface area contributed by atoms with E-state index in [1.54, 1.807) is 11.6 Å². The lowest BCUT2D eigenvalue weighted by Gasteiger charge is -2.13. The van der Waals surface area contributed by atoms with Crippen LogP contribution in [0, 0.1) is 6.92 Å². The Bertz CT molecular complexity index is 1410. The van der Waals surface area contributed by atoms with Crippen LogP contribution in [-0.2, 0) is 30.8 Å². The minimum Gasteiger partial charge on any atom is -0.325 e. The van der Waals surface area contributed by atoms with Gasteiger partial charge < -0.3 is 5.32 Å². The zero-order valence-electron chi connectivity index (χ0n) is 19.0. The number of amides is 1. The molecule has 0 aliphatic carbocycles. The highest BCUT2D eigenvalue weighted by atomic mass is 16.2. The monoisotopic (exact) mass is 445 g/mol. The third kappa shape index (κ3) is 4.37. The molecule has 2 heterocycles. The molecule has 0 aliphatic heterocycles. The largest absolute Gasteiger partial charge is 0.332 e. The van der Waals surface area contributed by atoms with Gasteiger partial charge in [0.25, 0.3) is 5.56 Å². The lowest BCUT2D eigenvalue weighted by Crippen LogP contribution is -2.42. The molecule has 0 saturated heterocycles. The zero-order valence-corrected chi connectivity index (χ0v) is 19.0. The van der Waals surface area contributed by atoms with Gasteiger partial charge in [0, 0.05) is 12.2 Å². The number of benzene rings is 2. The Morgan fingerprint density at radius 3 is 2.24 bits per heavy atom. The first-order valence-electron chi connectivity index (χ1n) is 11.1. The fourth-order valence-corrected chi connectivity index (χ4v) is 4.01. The molecule has 0 saturated carbocycles. The molecule has 0 bridgehead atoms. The lowest BCUT2D eigenvalue weighted by atomic mass is 10.1. The fourth-order valence-electron chi connectivity index (χ4n) is 4.01. The topological polar surface area (TPSA) is 90.9 Å². The molecule has 170 valence electrons. The maximum absolute atomic E-state index is 13.4. The quantitative estimate of drug-likeness (QED) is 0.474. The molecule has 8 nitrogen and oxygen atoms in total. The van der Waals surface area contributed by atoms with Crippen LogP contribution in [0.4, 0.5) is 5.69 Å². The highest BCUT2D eigenvalue weighted by Gasteiger charge is 2.21. The van der Waals surface area contributed by atoms with Crippen molar-refractivity contribution in [1.29, 1.82) is 0 Å². The number of hydrogen-bond acceptors (Lipinski definition) is 4. The van der Waals surface area contributed by atoms with Crippen LogP contribution < -0.4 is 16.6 Å². The first-order valence-corrected chi connectivity index (χ1v) is 11.1. The number of fused-ring (bicyclic) bond motifs is 1. The van der Waals surface area contributed by atoms with Crippen molar-refractivity contribution < 1.29 is 4.79 Å². The molecule has 1 amide bonds. The Kier molecular flexibility index (Phi) is 6.26. The van der Waals surface area contributed by atoms with Crippen molar-refractivity contribution in [2.45, 2.75) is 46.8 Å². The SMILES string of the molecule is CCc1ccc(NC(=O)Cn2c(=O)n(Cc3ccccc3)c(=O)c3c2c(C)nn3CC)cc1. The van der Waals surface area contributed by atoms with Crippen LogP contribution in [0.5, 0.6) is 0 Å². The average molecular weight is 446 g/mol. The number of aryl methyl sites for hydroxylation is 3. The number of carbonyl (C=O) groups excluding carboxylic acids is 1. The van der Waals surface area contributed by atoms with E-state index in [1.807, 2.05) is 61.5 Å². The Hall–Kier alpha value is -3.94. The molecule has 4 aromatic rings. The molecule has 0 atom stereocenters. The van der Waals surface area contributed by atoms with E-state index >= 15 is 0 Å². The first kappa shape index (κ1) is 22.3. The van der Waals surface area contributed by atoms with E-state index < -0.39 is 11.2 Å². The van der Waals surface area contributed by atoms with Gasteiger partial charge in [0.2, 0.25) is 5.91 Å². The molecule has 2 aromatic heterocycles. The molecule has 2 aromatic carbocycles. The van der Waals surface area contributed by atoms with Crippen molar-refractivity contribution in [3.63, 3.8) is 0 Å². The maximum Gasteiger partial charge on any atom is 0.332 e. The molecule has 0 aliphatic rings. The Labute approximate surface area is 191 Å². The van der Waals surface area contributed by atoms with Crippen LogP contribution in [0.15, 0.2) is 64.2 Å². The van der Waals surface area contributed by atoms with Crippen molar-refractivity contribution in [1.82, 2.24) is 18.9 Å². The maximum atomic E-state index is 13.4. The molecule has 1 N–H and O–H groups in total. The Balaban J connectivity index is 1.78. The summed E-state index contributed by atoms with van der Waals surface area (Å²) < 4.78 is 4.12. The zero-order chi connectivity index (χ0) is 23.5. The molecular formula is C25H27N5O3. The van der Waals surface area contributed by atoms with E-state index in [4.69, 9.17) is 0 Å². The summed E-state index contributed by atoms with van der Waals surface area (Å²) in [5, 5.41) is 7.29. The number of carbonyl (C=O) groups is 1. The molecule has 4 rings (SSSR count). The van der Waals surface area contributed by atoms with Gasteiger partial charge in [-0.05, 0) is 43.5 Å². The van der Waals surface area contributed by atoms with E-state index in [2.05, 4.69) is 17.3 Å². The van der Waals surface area contributed by atoms with Crippen molar-refractivity contribution >= 4 is 22.6 Å². The number of anilines is 1. The summed E-state index contributed by atoms with van der Waals surface area (Å²) in [5.74, 6) is -0.351. The van der Waals surface area contributed by atoms with Gasteiger partial charge in [0.1, 0.15) is 12.1 Å². The number of hydrogen-bond donors (Lipinski definition) is 1. The van der Waals surface area contributed by atoms with Crippen LogP contribution in [-0.4, -0.2) is 24.8 Å². The number of nitrogens with one attached hydrogen (secondary N) is 1. The van der Waals surface area contributed by atoms with Crippen LogP contribution in [0.2, 0.25) is 0 Å². The molecule has 0 unspecified atom stereocenters. The Morgan fingerprint density at radius 1 is 0.909 bits per heavy atom. The number of rotatable bonds is 7. The third-order valence-corrected chi connectivity index (χ3v) is 5.71. The number of aromatic nitrogens is 4. The third-order valence-electron chi connectivity index (χ3n) is 5.71. The van der Waals surface area contributed by atoms with Gasteiger partial charge in [0.15, 0.2) is 5.52 Å². The van der Waals surface area contributed by atoms with Gasteiger partial charge in [-0.3, -0.25) is 23.4 Å². The van der Waals surface area contributed by atoms with Crippen molar-refractivity contribution in [2.24, 2.45) is 0 Å². The second-order valence-corrected chi connectivity index (χ2v) is 7.94. The van der Waals surface area contributed by atoms with Crippen molar-refractivity contribution in [3.05, 3.63) is 92.3 Å². The second kappa shape index (κ2) is 9.28. The summed E-state index contributed by atoms with van der Waals surface area (Å²) in [5.41, 5.74) is 2.95. The molecule has 0 fully saturated rings. The number of nitrogens with zero attached hydrogens (tertiary/aromatic N) is 4. The van der Waals surface area contributed by atoms with E-state index in [0.29, 0.717) is 29.0 Å². The molecule has 8 heteroatoms. The van der Waals surface area contributed by atoms with Crippen molar-refractivity contribution in [3.8, 4) is 0 Å². The van der Waals surface area contributed by atoms with Crippen LogP contribution in [0.1, 0.15) is 30.7 Å². The molecule has 0 spiro atoms. The predicted octanol–water partition coefficient (Wildman–Crippen LogP) is 2.94. The van der Waals surface area contributed by atoms with E-state index in [-0.39, 0.29) is 19.0 Å². The smallest absolute Gasteiger partial charge is 0.325 e. The predicted molar refractivity (Wildman–Crippen MR) is 129 cm³/mol. The van der Waals surface area contributed by atoms with Crippen LogP contribution in [0.25, 0.3) is 11.0 Å². The summed E-state index contributed by atoms with van der Waals surface area (Å²) in [7, 11) is 0. The standard InChI is InChI=1S/C25H27N5O3/c1-4-18-11-13-20(14-12-18)26-21(31)16-28-22-17(3)27-30(5-2)23(22)24(32)29(25(28)33)15-19-9-7-6-8-10-19/h6-14H,4-5,15-16H2,1-3H3,(H,26,31).